The van der Waals surface area contributed by atoms with E-state index in [0.717, 1.165) is 23.5 Å². The van der Waals surface area contributed by atoms with Gasteiger partial charge in [-0.1, -0.05) is 17.8 Å². The minimum Gasteiger partial charge on any atom is -0.496 e. The Hall–Kier alpha value is -3.69. The van der Waals surface area contributed by atoms with Gasteiger partial charge in [0.15, 0.2) is 11.8 Å². The first-order chi connectivity index (χ1) is 17.6. The zero-order chi connectivity index (χ0) is 27.0. The molecule has 0 bridgehead atoms. The van der Waals surface area contributed by atoms with E-state index in [9.17, 15) is 18.0 Å². The fourth-order valence-electron chi connectivity index (χ4n) is 2.85. The van der Waals surface area contributed by atoms with E-state index in [0.29, 0.717) is 5.92 Å². The van der Waals surface area contributed by atoms with E-state index < -0.39 is 11.9 Å². The molecule has 1 aliphatic carbocycles. The molecule has 0 atom stereocenters. The Morgan fingerprint density at radius 3 is 2.53 bits per heavy atom. The molecule has 3 aromatic rings. The molecule has 0 radical (unpaired) electrons. The van der Waals surface area contributed by atoms with Gasteiger partial charge in [-0.3, -0.25) is 15.9 Å². The molecule has 14 heteroatoms. The average Bonchev–Trinajstić information content (AvgIpc) is 3.54. The summed E-state index contributed by atoms with van der Waals surface area (Å²) in [7, 11) is 1.26. The second-order valence-electron chi connectivity index (χ2n) is 7.59. The van der Waals surface area contributed by atoms with E-state index in [1.165, 1.54) is 44.3 Å². The third-order valence-corrected chi connectivity index (χ3v) is 5.19. The summed E-state index contributed by atoms with van der Waals surface area (Å²) < 4.78 is 48.9. The molecule has 200 valence electrons. The topological polar surface area (TPSA) is 135 Å². The Morgan fingerprint density at radius 2 is 1.97 bits per heavy atom. The van der Waals surface area contributed by atoms with Crippen LogP contribution in [0.2, 0.25) is 0 Å². The standard InChI is InChI=1S/C17H14F3N4O3.C7H5N2S.Ni/c1-9(21)27-16(22)4-11-3-12(10(8-25)6-23-11)13-5-15(17(18,19)20)24-7-14(13)26-2;1-2-6(1)3-4-7-9-8-5-10-7;/h3,5-7,21-22H,4H2,1-2H3;6H,1-2H2;/q2*-1;+2. The minimum absolute atomic E-state index is 0. The second kappa shape index (κ2) is 13.7. The number of carbonyl (C=O) groups excluding carboxylic acids is 1. The van der Waals surface area contributed by atoms with Crippen LogP contribution in [0, 0.1) is 34.1 Å². The largest absolute Gasteiger partial charge is 2.00 e. The number of ether oxygens (including phenoxy) is 2. The number of pyridine rings is 2. The van der Waals surface area contributed by atoms with Crippen molar-refractivity contribution in [3.8, 4) is 28.7 Å². The summed E-state index contributed by atoms with van der Waals surface area (Å²) in [5.41, 5.74) is 1.76. The fourth-order valence-corrected chi connectivity index (χ4v) is 3.21. The van der Waals surface area contributed by atoms with Gasteiger partial charge >= 0.3 is 22.7 Å². The van der Waals surface area contributed by atoms with Gasteiger partial charge in [0, 0.05) is 23.5 Å². The smallest absolute Gasteiger partial charge is 0.496 e. The molecule has 3 heterocycles. The molecular formula is C24H19F3N6NiO3S. The number of nitrogens with one attached hydrogen (secondary N) is 2. The molecule has 2 N–H and O–H groups in total. The van der Waals surface area contributed by atoms with Crippen molar-refractivity contribution < 1.29 is 43.9 Å². The zero-order valence-corrected chi connectivity index (χ0v) is 21.7. The van der Waals surface area contributed by atoms with Crippen LogP contribution in [0.5, 0.6) is 5.75 Å². The van der Waals surface area contributed by atoms with E-state index in [2.05, 4.69) is 37.5 Å². The van der Waals surface area contributed by atoms with Crippen molar-refractivity contribution in [3.05, 3.63) is 52.0 Å². The molecule has 38 heavy (non-hydrogen) atoms. The summed E-state index contributed by atoms with van der Waals surface area (Å²) >= 11 is 1.37. The van der Waals surface area contributed by atoms with Gasteiger partial charge in [0.25, 0.3) is 0 Å². The summed E-state index contributed by atoms with van der Waals surface area (Å²) in [5.74, 6) is 6.25. The van der Waals surface area contributed by atoms with Gasteiger partial charge in [-0.15, -0.1) is 23.0 Å². The van der Waals surface area contributed by atoms with Crippen LogP contribution in [-0.4, -0.2) is 45.4 Å². The maximum atomic E-state index is 13.0. The fraction of sp³-hybridized carbons (Fsp3) is 0.292. The molecule has 1 fully saturated rings. The molecule has 0 aliphatic heterocycles. The SMILES string of the molecule is C(#CC1CC1)c1nn[c-]s1.COc1cnc(C(F)(F)F)cc1-c1cc(CC(=N)OC(C)=N)ncc1[C-]=O.[Ni+2]. The number of aromatic nitrogens is 4. The molecular weight excluding hydrogens is 568 g/mol. The van der Waals surface area contributed by atoms with E-state index in [1.54, 1.807) is 6.29 Å². The third kappa shape index (κ3) is 9.01. The van der Waals surface area contributed by atoms with Crippen LogP contribution >= 0.6 is 11.3 Å². The molecule has 1 saturated carbocycles. The van der Waals surface area contributed by atoms with Gasteiger partial charge < -0.3 is 30.6 Å². The van der Waals surface area contributed by atoms with Crippen molar-refractivity contribution in [2.24, 2.45) is 5.92 Å². The van der Waals surface area contributed by atoms with Crippen molar-refractivity contribution in [1.29, 1.82) is 10.8 Å². The Balaban J connectivity index is 0.000000382. The predicted molar refractivity (Wildman–Crippen MR) is 128 cm³/mol. The van der Waals surface area contributed by atoms with Crippen molar-refractivity contribution in [2.45, 2.75) is 32.4 Å². The number of methoxy groups -OCH3 is 1. The Morgan fingerprint density at radius 1 is 1.24 bits per heavy atom. The number of alkyl halides is 3. The number of rotatable bonds is 5. The number of hydrogen-bond donors (Lipinski definition) is 2. The Bertz CT molecular complexity index is 1350. The van der Waals surface area contributed by atoms with Crippen molar-refractivity contribution in [2.75, 3.05) is 7.11 Å². The van der Waals surface area contributed by atoms with E-state index in [-0.39, 0.29) is 62.8 Å². The number of hydrogen-bond acceptors (Lipinski definition) is 10. The summed E-state index contributed by atoms with van der Waals surface area (Å²) in [6.45, 7) is 1.35. The molecule has 9 nitrogen and oxygen atoms in total. The number of halogens is 3. The van der Waals surface area contributed by atoms with Crippen LogP contribution in [0.4, 0.5) is 13.2 Å². The van der Waals surface area contributed by atoms with Gasteiger partial charge in [-0.25, -0.2) is 10.1 Å². The van der Waals surface area contributed by atoms with Crippen LogP contribution < -0.4 is 4.74 Å². The summed E-state index contributed by atoms with van der Waals surface area (Å²) in [5, 5.41) is 23.0. The van der Waals surface area contributed by atoms with Gasteiger partial charge in [0.1, 0.15) is 11.4 Å². The summed E-state index contributed by atoms with van der Waals surface area (Å²) in [6.07, 6.45) is 1.39. The van der Waals surface area contributed by atoms with Crippen molar-refractivity contribution in [1.82, 2.24) is 20.2 Å². The normalized spacial score (nSPS) is 12.0. The maximum absolute atomic E-state index is 13.0. The molecule has 0 saturated heterocycles. The van der Waals surface area contributed by atoms with Crippen LogP contribution in [0.3, 0.4) is 0 Å². The molecule has 4 rings (SSSR count). The summed E-state index contributed by atoms with van der Waals surface area (Å²) in [4.78, 5) is 18.5. The zero-order valence-electron chi connectivity index (χ0n) is 19.9. The quantitative estimate of drug-likeness (QED) is 0.150. The molecule has 0 spiro atoms. The first-order valence-corrected chi connectivity index (χ1v) is 11.4. The van der Waals surface area contributed by atoms with Gasteiger partial charge in [0.2, 0.25) is 0 Å². The predicted octanol–water partition coefficient (Wildman–Crippen LogP) is 4.26. The van der Waals surface area contributed by atoms with Crippen molar-refractivity contribution >= 4 is 29.4 Å². The van der Waals surface area contributed by atoms with E-state index in [4.69, 9.17) is 20.3 Å². The number of nitrogens with zero attached hydrogens (tertiary/aromatic N) is 4. The van der Waals surface area contributed by atoms with Gasteiger partial charge in [0.05, 0.1) is 26.0 Å². The molecule has 0 amide bonds. The second-order valence-corrected chi connectivity index (χ2v) is 8.36. The first-order valence-electron chi connectivity index (χ1n) is 10.6. The van der Waals surface area contributed by atoms with Gasteiger partial charge in [-0.2, -0.15) is 13.2 Å². The van der Waals surface area contributed by atoms with Crippen LogP contribution in [0.15, 0.2) is 24.5 Å². The monoisotopic (exact) mass is 586 g/mol. The molecule has 1 aliphatic rings. The van der Waals surface area contributed by atoms with E-state index >= 15 is 0 Å². The van der Waals surface area contributed by atoms with Crippen LogP contribution in [0.1, 0.15) is 41.7 Å². The Labute approximate surface area is 230 Å². The molecule has 0 unspecified atom stereocenters. The Kier molecular flexibility index (Phi) is 11.0. The van der Waals surface area contributed by atoms with Crippen LogP contribution in [0.25, 0.3) is 11.1 Å². The molecule has 3 aromatic heterocycles. The summed E-state index contributed by atoms with van der Waals surface area (Å²) in [6, 6.07) is 2.11. The van der Waals surface area contributed by atoms with Crippen LogP contribution in [-0.2, 0) is 38.6 Å². The van der Waals surface area contributed by atoms with Gasteiger partial charge in [-0.05, 0) is 24.5 Å². The van der Waals surface area contributed by atoms with Crippen molar-refractivity contribution in [3.63, 3.8) is 0 Å². The average molecular weight is 587 g/mol. The first kappa shape index (κ1) is 30.5. The minimum atomic E-state index is -4.68. The molecule has 0 aromatic carbocycles. The third-order valence-electron chi connectivity index (χ3n) is 4.64. The van der Waals surface area contributed by atoms with E-state index in [1.807, 2.05) is 0 Å². The maximum Gasteiger partial charge on any atom is 2.00 e.